The molecule has 1 aromatic heterocycles. The molecule has 0 bridgehead atoms. The van der Waals surface area contributed by atoms with Gasteiger partial charge in [-0.2, -0.15) is 0 Å². The number of nitrogens with two attached hydrogens (primary N) is 1. The van der Waals surface area contributed by atoms with Gasteiger partial charge in [-0.1, -0.05) is 30.0 Å². The van der Waals surface area contributed by atoms with Crippen LogP contribution >= 0.6 is 11.8 Å². The molecule has 16 heavy (non-hydrogen) atoms. The summed E-state index contributed by atoms with van der Waals surface area (Å²) in [7, 11) is 1.99. The molecule has 0 aliphatic rings. The number of imidazole rings is 1. The van der Waals surface area contributed by atoms with Crippen molar-refractivity contribution in [3.05, 3.63) is 42.2 Å². The molecular weight excluding hydrogens is 218 g/mol. The van der Waals surface area contributed by atoms with E-state index in [0.29, 0.717) is 0 Å². The van der Waals surface area contributed by atoms with Gasteiger partial charge in [0.15, 0.2) is 5.16 Å². The average molecular weight is 233 g/mol. The van der Waals surface area contributed by atoms with Gasteiger partial charge >= 0.3 is 0 Å². The second-order valence-corrected chi connectivity index (χ2v) is 4.76. The van der Waals surface area contributed by atoms with E-state index in [1.54, 1.807) is 18.0 Å². The Balaban J connectivity index is 2.31. The smallest absolute Gasteiger partial charge is 0.172 e. The predicted molar refractivity (Wildman–Crippen MR) is 66.4 cm³/mol. The molecule has 1 unspecified atom stereocenters. The molecule has 3 nitrogen and oxygen atoms in total. The lowest BCUT2D eigenvalue weighted by Crippen LogP contribution is -2.06. The number of nitrogens with zero attached hydrogens (tertiary/aromatic N) is 2. The quantitative estimate of drug-likeness (QED) is 0.886. The van der Waals surface area contributed by atoms with Gasteiger partial charge in [-0.15, -0.1) is 0 Å². The Kier molecular flexibility index (Phi) is 3.31. The van der Waals surface area contributed by atoms with Crippen LogP contribution in [-0.4, -0.2) is 9.55 Å². The molecule has 2 N–H and O–H groups in total. The summed E-state index contributed by atoms with van der Waals surface area (Å²) in [4.78, 5) is 5.47. The van der Waals surface area contributed by atoms with Crippen LogP contribution in [0.4, 0.5) is 0 Å². The molecule has 0 saturated carbocycles. The molecule has 2 rings (SSSR count). The maximum Gasteiger partial charge on any atom is 0.172 e. The Hall–Kier alpha value is -1.26. The molecule has 1 aromatic carbocycles. The molecule has 0 spiro atoms. The van der Waals surface area contributed by atoms with E-state index in [1.165, 1.54) is 4.90 Å². The fourth-order valence-corrected chi connectivity index (χ4v) is 2.53. The predicted octanol–water partition coefficient (Wildman–Crippen LogP) is 2.59. The van der Waals surface area contributed by atoms with Crippen LogP contribution in [0.2, 0.25) is 0 Å². The van der Waals surface area contributed by atoms with Crippen molar-refractivity contribution in [2.45, 2.75) is 23.0 Å². The Morgan fingerprint density at radius 2 is 2.12 bits per heavy atom. The molecule has 1 heterocycles. The number of benzene rings is 1. The van der Waals surface area contributed by atoms with Gasteiger partial charge in [0, 0.05) is 30.4 Å². The summed E-state index contributed by atoms with van der Waals surface area (Å²) in [5.74, 6) is 0. The van der Waals surface area contributed by atoms with E-state index in [0.717, 1.165) is 10.7 Å². The van der Waals surface area contributed by atoms with Crippen molar-refractivity contribution < 1.29 is 0 Å². The summed E-state index contributed by atoms with van der Waals surface area (Å²) in [6.07, 6.45) is 3.74. The maximum atomic E-state index is 5.94. The van der Waals surface area contributed by atoms with Crippen LogP contribution in [-0.2, 0) is 7.05 Å². The molecule has 0 amide bonds. The van der Waals surface area contributed by atoms with E-state index in [2.05, 4.69) is 17.1 Å². The fraction of sp³-hybridized carbons (Fsp3) is 0.250. The fourth-order valence-electron chi connectivity index (χ4n) is 1.50. The van der Waals surface area contributed by atoms with Gasteiger partial charge in [-0.3, -0.25) is 0 Å². The molecule has 0 aliphatic heterocycles. The molecule has 0 fully saturated rings. The monoisotopic (exact) mass is 233 g/mol. The first-order valence-corrected chi connectivity index (χ1v) is 6.00. The standard InChI is InChI=1S/C12H15N3S/c1-9(13)10-5-3-4-6-11(10)16-12-14-7-8-15(12)2/h3-9H,13H2,1-2H3. The molecule has 84 valence electrons. The van der Waals surface area contributed by atoms with E-state index < -0.39 is 0 Å². The summed E-state index contributed by atoms with van der Waals surface area (Å²) in [6, 6.07) is 8.23. The number of aryl methyl sites for hydroxylation is 1. The Morgan fingerprint density at radius 3 is 2.75 bits per heavy atom. The molecule has 1 atom stereocenters. The Bertz CT molecular complexity index is 477. The van der Waals surface area contributed by atoms with Crippen molar-refractivity contribution >= 4 is 11.8 Å². The van der Waals surface area contributed by atoms with E-state index in [1.807, 2.05) is 36.9 Å². The van der Waals surface area contributed by atoms with Crippen LogP contribution in [0.15, 0.2) is 46.7 Å². The summed E-state index contributed by atoms with van der Waals surface area (Å²) in [5.41, 5.74) is 7.10. The van der Waals surface area contributed by atoms with Gasteiger partial charge in [-0.05, 0) is 18.6 Å². The van der Waals surface area contributed by atoms with Gasteiger partial charge in [-0.25, -0.2) is 4.98 Å². The topological polar surface area (TPSA) is 43.8 Å². The third-order valence-corrected chi connectivity index (χ3v) is 3.56. The SMILES string of the molecule is CC(N)c1ccccc1Sc1nccn1C. The highest BCUT2D eigenvalue weighted by molar-refractivity contribution is 7.99. The Labute approximate surface area is 99.7 Å². The minimum absolute atomic E-state index is 0.0453. The van der Waals surface area contributed by atoms with E-state index in [-0.39, 0.29) is 6.04 Å². The van der Waals surface area contributed by atoms with Gasteiger partial charge in [0.2, 0.25) is 0 Å². The van der Waals surface area contributed by atoms with Crippen LogP contribution in [0.1, 0.15) is 18.5 Å². The van der Waals surface area contributed by atoms with Gasteiger partial charge < -0.3 is 10.3 Å². The van der Waals surface area contributed by atoms with Crippen LogP contribution < -0.4 is 5.73 Å². The Morgan fingerprint density at radius 1 is 1.38 bits per heavy atom. The van der Waals surface area contributed by atoms with Crippen molar-refractivity contribution in [1.82, 2.24) is 9.55 Å². The van der Waals surface area contributed by atoms with Crippen LogP contribution in [0, 0.1) is 0 Å². The lowest BCUT2D eigenvalue weighted by Gasteiger charge is -2.11. The highest BCUT2D eigenvalue weighted by atomic mass is 32.2. The second kappa shape index (κ2) is 4.72. The lowest BCUT2D eigenvalue weighted by molar-refractivity contribution is 0.780. The lowest BCUT2D eigenvalue weighted by atomic mass is 10.1. The minimum atomic E-state index is 0.0453. The summed E-state index contributed by atoms with van der Waals surface area (Å²) >= 11 is 1.65. The van der Waals surface area contributed by atoms with Gasteiger partial charge in [0.05, 0.1) is 0 Å². The zero-order valence-electron chi connectivity index (χ0n) is 9.42. The largest absolute Gasteiger partial charge is 0.329 e. The van der Waals surface area contributed by atoms with Crippen LogP contribution in [0.25, 0.3) is 0 Å². The number of rotatable bonds is 3. The normalized spacial score (nSPS) is 12.7. The third-order valence-electron chi connectivity index (χ3n) is 2.39. The second-order valence-electron chi connectivity index (χ2n) is 3.75. The summed E-state index contributed by atoms with van der Waals surface area (Å²) in [6.45, 7) is 2.00. The molecule has 0 aliphatic carbocycles. The van der Waals surface area contributed by atoms with Crippen molar-refractivity contribution in [2.24, 2.45) is 12.8 Å². The van der Waals surface area contributed by atoms with E-state index in [9.17, 15) is 0 Å². The first-order valence-electron chi connectivity index (χ1n) is 5.18. The summed E-state index contributed by atoms with van der Waals surface area (Å²) in [5, 5.41) is 0.980. The van der Waals surface area contributed by atoms with E-state index in [4.69, 9.17) is 5.73 Å². The minimum Gasteiger partial charge on any atom is -0.329 e. The molecule has 0 radical (unpaired) electrons. The highest BCUT2D eigenvalue weighted by Crippen LogP contribution is 2.31. The van der Waals surface area contributed by atoms with Crippen molar-refractivity contribution in [3.8, 4) is 0 Å². The van der Waals surface area contributed by atoms with Gasteiger partial charge in [0.1, 0.15) is 0 Å². The van der Waals surface area contributed by atoms with Crippen LogP contribution in [0.3, 0.4) is 0 Å². The zero-order valence-corrected chi connectivity index (χ0v) is 10.2. The summed E-state index contributed by atoms with van der Waals surface area (Å²) < 4.78 is 2.00. The highest BCUT2D eigenvalue weighted by Gasteiger charge is 2.09. The van der Waals surface area contributed by atoms with Gasteiger partial charge in [0.25, 0.3) is 0 Å². The molecule has 0 saturated heterocycles. The van der Waals surface area contributed by atoms with Crippen molar-refractivity contribution in [2.75, 3.05) is 0 Å². The maximum absolute atomic E-state index is 5.94. The third kappa shape index (κ3) is 2.28. The first kappa shape index (κ1) is 11.2. The average Bonchev–Trinajstić information content (AvgIpc) is 2.65. The van der Waals surface area contributed by atoms with Crippen LogP contribution in [0.5, 0.6) is 0 Å². The molecule has 2 aromatic rings. The van der Waals surface area contributed by atoms with Crippen molar-refractivity contribution in [1.29, 1.82) is 0 Å². The first-order chi connectivity index (χ1) is 7.68. The molecule has 4 heteroatoms. The van der Waals surface area contributed by atoms with Crippen molar-refractivity contribution in [3.63, 3.8) is 0 Å². The number of hydrogen-bond donors (Lipinski definition) is 1. The molecular formula is C12H15N3S. The zero-order chi connectivity index (χ0) is 11.5. The number of hydrogen-bond acceptors (Lipinski definition) is 3. The van der Waals surface area contributed by atoms with E-state index >= 15 is 0 Å². The number of aromatic nitrogens is 2.